The summed E-state index contributed by atoms with van der Waals surface area (Å²) in [6, 6.07) is 7.04. The first-order valence-electron chi connectivity index (χ1n) is 7.14. The molecule has 0 saturated heterocycles. The Balaban J connectivity index is 1.69. The van der Waals surface area contributed by atoms with Crippen molar-refractivity contribution in [3.63, 3.8) is 0 Å². The number of aromatic amines is 1. The fourth-order valence-corrected chi connectivity index (χ4v) is 2.64. The maximum absolute atomic E-state index is 13.6. The normalized spacial score (nSPS) is 11.0. The first kappa shape index (κ1) is 16.4. The van der Waals surface area contributed by atoms with Crippen LogP contribution in [0.1, 0.15) is 15.9 Å². The molecule has 1 amide bonds. The average Bonchev–Trinajstić information content (AvgIpc) is 2.95. The minimum Gasteiger partial charge on any atom is -0.361 e. The Morgan fingerprint density at radius 1 is 1.12 bits per heavy atom. The number of halogens is 4. The van der Waals surface area contributed by atoms with E-state index in [4.69, 9.17) is 11.6 Å². The molecule has 0 aliphatic carbocycles. The van der Waals surface area contributed by atoms with Crippen molar-refractivity contribution in [2.45, 2.75) is 6.42 Å². The van der Waals surface area contributed by atoms with Crippen LogP contribution in [0.4, 0.5) is 13.2 Å². The number of carbonyl (C=O) groups excluding carboxylic acids is 1. The number of aromatic nitrogens is 1. The lowest BCUT2D eigenvalue weighted by molar-refractivity contribution is 0.0949. The van der Waals surface area contributed by atoms with Gasteiger partial charge in [0.2, 0.25) is 0 Å². The molecule has 0 radical (unpaired) electrons. The lowest BCUT2D eigenvalue weighted by Crippen LogP contribution is -2.27. The number of fused-ring (bicyclic) bond motifs is 1. The molecule has 0 spiro atoms. The maximum Gasteiger partial charge on any atom is 0.254 e. The number of benzene rings is 2. The molecule has 3 aromatic rings. The van der Waals surface area contributed by atoms with Gasteiger partial charge in [-0.3, -0.25) is 4.79 Å². The van der Waals surface area contributed by atoms with Gasteiger partial charge in [-0.1, -0.05) is 11.6 Å². The Morgan fingerprint density at radius 2 is 1.92 bits per heavy atom. The van der Waals surface area contributed by atoms with Gasteiger partial charge in [-0.05, 0) is 42.3 Å². The number of carbonyl (C=O) groups is 1. The Bertz CT molecular complexity index is 924. The Labute approximate surface area is 140 Å². The van der Waals surface area contributed by atoms with Crippen molar-refractivity contribution in [1.82, 2.24) is 10.3 Å². The number of H-pyrrole nitrogens is 1. The SMILES string of the molecule is O=C(NCCc1c[nH]c2ccc(Cl)cc12)c1ccc(F)c(F)c1F. The molecule has 0 unspecified atom stereocenters. The molecule has 3 nitrogen and oxygen atoms in total. The van der Waals surface area contributed by atoms with Crippen LogP contribution in [0.5, 0.6) is 0 Å². The zero-order valence-corrected chi connectivity index (χ0v) is 13.1. The summed E-state index contributed by atoms with van der Waals surface area (Å²) in [5.74, 6) is -5.29. The van der Waals surface area contributed by atoms with E-state index >= 15 is 0 Å². The standard InChI is InChI=1S/C17H12ClF3N2O/c18-10-1-4-14-12(7-10)9(8-23-14)5-6-22-17(24)11-2-3-13(19)16(21)15(11)20/h1-4,7-8,23H,5-6H2,(H,22,24). The highest BCUT2D eigenvalue weighted by atomic mass is 35.5. The molecule has 0 aliphatic heterocycles. The minimum atomic E-state index is -1.66. The quantitative estimate of drug-likeness (QED) is 0.679. The molecule has 124 valence electrons. The van der Waals surface area contributed by atoms with E-state index < -0.39 is 28.9 Å². The lowest BCUT2D eigenvalue weighted by Gasteiger charge is -2.07. The fourth-order valence-electron chi connectivity index (χ4n) is 2.46. The van der Waals surface area contributed by atoms with E-state index in [1.807, 2.05) is 6.07 Å². The molecule has 24 heavy (non-hydrogen) atoms. The zero-order chi connectivity index (χ0) is 17.3. The van der Waals surface area contributed by atoms with E-state index in [1.54, 1.807) is 18.3 Å². The van der Waals surface area contributed by atoms with Crippen LogP contribution in [-0.4, -0.2) is 17.4 Å². The molecule has 0 saturated carbocycles. The van der Waals surface area contributed by atoms with E-state index in [0.717, 1.165) is 28.6 Å². The van der Waals surface area contributed by atoms with Crippen LogP contribution in [0.15, 0.2) is 36.5 Å². The average molecular weight is 353 g/mol. The number of nitrogens with one attached hydrogen (secondary N) is 2. The van der Waals surface area contributed by atoms with Gasteiger partial charge in [0.15, 0.2) is 17.5 Å². The Hall–Kier alpha value is -2.47. The predicted octanol–water partition coefficient (Wildman–Crippen LogP) is 4.21. The van der Waals surface area contributed by atoms with Gasteiger partial charge in [0, 0.05) is 28.7 Å². The molecular weight excluding hydrogens is 341 g/mol. The molecule has 2 N–H and O–H groups in total. The Kier molecular flexibility index (Phi) is 4.49. The third kappa shape index (κ3) is 3.10. The second kappa shape index (κ2) is 6.57. The second-order valence-electron chi connectivity index (χ2n) is 5.23. The minimum absolute atomic E-state index is 0.205. The van der Waals surface area contributed by atoms with Crippen molar-refractivity contribution in [2.75, 3.05) is 6.54 Å². The maximum atomic E-state index is 13.6. The molecule has 1 aromatic heterocycles. The zero-order valence-electron chi connectivity index (χ0n) is 12.3. The Morgan fingerprint density at radius 3 is 2.71 bits per heavy atom. The largest absolute Gasteiger partial charge is 0.361 e. The van der Waals surface area contributed by atoms with Crippen molar-refractivity contribution in [2.24, 2.45) is 0 Å². The van der Waals surface area contributed by atoms with Crippen LogP contribution in [0.3, 0.4) is 0 Å². The summed E-state index contributed by atoms with van der Waals surface area (Å²) in [5, 5.41) is 4.01. The molecular formula is C17H12ClF3N2O. The van der Waals surface area contributed by atoms with Gasteiger partial charge in [0.05, 0.1) is 5.56 Å². The van der Waals surface area contributed by atoms with Crippen molar-refractivity contribution in [3.05, 3.63) is 70.1 Å². The van der Waals surface area contributed by atoms with Crippen LogP contribution in [0.2, 0.25) is 5.02 Å². The molecule has 1 heterocycles. The monoisotopic (exact) mass is 352 g/mol. The van der Waals surface area contributed by atoms with E-state index in [0.29, 0.717) is 11.4 Å². The first-order chi connectivity index (χ1) is 11.5. The van der Waals surface area contributed by atoms with Gasteiger partial charge in [-0.25, -0.2) is 13.2 Å². The summed E-state index contributed by atoms with van der Waals surface area (Å²) in [7, 11) is 0. The van der Waals surface area contributed by atoms with Gasteiger partial charge in [-0.2, -0.15) is 0 Å². The highest BCUT2D eigenvalue weighted by Gasteiger charge is 2.18. The van der Waals surface area contributed by atoms with Crippen molar-refractivity contribution < 1.29 is 18.0 Å². The van der Waals surface area contributed by atoms with Gasteiger partial charge >= 0.3 is 0 Å². The van der Waals surface area contributed by atoms with Crippen LogP contribution >= 0.6 is 11.6 Å². The van der Waals surface area contributed by atoms with Gasteiger partial charge in [-0.15, -0.1) is 0 Å². The first-order valence-corrected chi connectivity index (χ1v) is 7.52. The predicted molar refractivity (Wildman–Crippen MR) is 85.7 cm³/mol. The van der Waals surface area contributed by atoms with Crippen LogP contribution in [0.25, 0.3) is 10.9 Å². The number of amides is 1. The summed E-state index contributed by atoms with van der Waals surface area (Å²) in [6.45, 7) is 0.205. The fraction of sp³-hybridized carbons (Fsp3) is 0.118. The van der Waals surface area contributed by atoms with Gasteiger partial charge in [0.1, 0.15) is 0 Å². The van der Waals surface area contributed by atoms with E-state index in [1.165, 1.54) is 0 Å². The van der Waals surface area contributed by atoms with E-state index in [-0.39, 0.29) is 6.54 Å². The van der Waals surface area contributed by atoms with Crippen LogP contribution < -0.4 is 5.32 Å². The summed E-state index contributed by atoms with van der Waals surface area (Å²) >= 11 is 5.97. The molecule has 0 aliphatic rings. The molecule has 2 aromatic carbocycles. The third-order valence-electron chi connectivity index (χ3n) is 3.69. The van der Waals surface area contributed by atoms with Crippen molar-refractivity contribution in [1.29, 1.82) is 0 Å². The highest BCUT2D eigenvalue weighted by molar-refractivity contribution is 6.31. The smallest absolute Gasteiger partial charge is 0.254 e. The topological polar surface area (TPSA) is 44.9 Å². The van der Waals surface area contributed by atoms with Gasteiger partial charge in [0.25, 0.3) is 5.91 Å². The number of hydrogen-bond acceptors (Lipinski definition) is 1. The number of hydrogen-bond donors (Lipinski definition) is 2. The third-order valence-corrected chi connectivity index (χ3v) is 3.92. The summed E-state index contributed by atoms with van der Waals surface area (Å²) in [5.41, 5.74) is 1.31. The molecule has 0 bridgehead atoms. The molecule has 3 rings (SSSR count). The molecule has 7 heteroatoms. The van der Waals surface area contributed by atoms with E-state index in [9.17, 15) is 18.0 Å². The second-order valence-corrected chi connectivity index (χ2v) is 5.67. The van der Waals surface area contributed by atoms with Crippen molar-refractivity contribution >= 4 is 28.4 Å². The highest BCUT2D eigenvalue weighted by Crippen LogP contribution is 2.22. The van der Waals surface area contributed by atoms with Gasteiger partial charge < -0.3 is 10.3 Å². The lowest BCUT2D eigenvalue weighted by atomic mass is 10.1. The molecule has 0 atom stereocenters. The molecule has 0 fully saturated rings. The van der Waals surface area contributed by atoms with Crippen molar-refractivity contribution in [3.8, 4) is 0 Å². The summed E-state index contributed by atoms with van der Waals surface area (Å²) < 4.78 is 39.6. The van der Waals surface area contributed by atoms with E-state index in [2.05, 4.69) is 10.3 Å². The van der Waals surface area contributed by atoms with Crippen LogP contribution in [0, 0.1) is 17.5 Å². The van der Waals surface area contributed by atoms with Crippen LogP contribution in [-0.2, 0) is 6.42 Å². The summed E-state index contributed by atoms with van der Waals surface area (Å²) in [4.78, 5) is 15.0. The summed E-state index contributed by atoms with van der Waals surface area (Å²) in [6.07, 6.45) is 2.27. The number of rotatable bonds is 4.